The molecule has 0 radical (unpaired) electrons. The van der Waals surface area contributed by atoms with Crippen molar-refractivity contribution in [3.05, 3.63) is 12.2 Å². The lowest BCUT2D eigenvalue weighted by Crippen LogP contribution is -2.49. The summed E-state index contributed by atoms with van der Waals surface area (Å²) in [4.78, 5) is 11.5. The molecule has 0 saturated heterocycles. The molecule has 0 spiro atoms. The van der Waals surface area contributed by atoms with Crippen molar-refractivity contribution in [2.24, 2.45) is 11.8 Å². The van der Waals surface area contributed by atoms with E-state index in [4.69, 9.17) is 0 Å². The Labute approximate surface area is 87.8 Å². The molecule has 0 aliphatic rings. The maximum absolute atomic E-state index is 11.5. The lowest BCUT2D eigenvalue weighted by Gasteiger charge is -2.35. The normalized spacial score (nSPS) is 13.9. The first-order valence-electron chi connectivity index (χ1n) is 5.16. The molecule has 0 aromatic rings. The van der Waals surface area contributed by atoms with Gasteiger partial charge >= 0.3 is 0 Å². The van der Waals surface area contributed by atoms with E-state index in [9.17, 15) is 4.79 Å². The van der Waals surface area contributed by atoms with Gasteiger partial charge in [0.05, 0.1) is 0 Å². The van der Waals surface area contributed by atoms with E-state index >= 15 is 0 Å². The second-order valence-corrected chi connectivity index (χ2v) is 4.99. The molecule has 2 nitrogen and oxygen atoms in total. The fourth-order valence-corrected chi connectivity index (χ4v) is 1.35. The van der Waals surface area contributed by atoms with Gasteiger partial charge in [-0.05, 0) is 32.6 Å². The van der Waals surface area contributed by atoms with Gasteiger partial charge in [-0.1, -0.05) is 27.4 Å². The Balaban J connectivity index is 4.48. The summed E-state index contributed by atoms with van der Waals surface area (Å²) >= 11 is 0. The highest BCUT2D eigenvalue weighted by Crippen LogP contribution is 2.24. The number of nitrogens with one attached hydrogen (secondary N) is 1. The zero-order chi connectivity index (χ0) is 11.5. The molecule has 0 saturated carbocycles. The summed E-state index contributed by atoms with van der Waals surface area (Å²) in [5.41, 5.74) is 0.388. The van der Waals surface area contributed by atoms with E-state index in [0.717, 1.165) is 0 Å². The standard InChI is InChI=1S/C12H23NO/c1-8(2)10(5)12(6,7)13-11(14)9(3)4/h8,10H,3H2,1-2,4-7H3,(H,13,14)/t10-/m1/s1. The summed E-state index contributed by atoms with van der Waals surface area (Å²) in [5, 5.41) is 3.00. The van der Waals surface area contributed by atoms with Gasteiger partial charge in [-0.2, -0.15) is 0 Å². The van der Waals surface area contributed by atoms with Crippen molar-refractivity contribution in [3.63, 3.8) is 0 Å². The van der Waals surface area contributed by atoms with Crippen LogP contribution in [0.1, 0.15) is 41.5 Å². The van der Waals surface area contributed by atoms with Crippen LogP contribution in [0.2, 0.25) is 0 Å². The van der Waals surface area contributed by atoms with Crippen molar-refractivity contribution in [3.8, 4) is 0 Å². The molecule has 0 rings (SSSR count). The van der Waals surface area contributed by atoms with E-state index in [-0.39, 0.29) is 11.4 Å². The maximum Gasteiger partial charge on any atom is 0.246 e. The number of carbonyl (C=O) groups excluding carboxylic acids is 1. The topological polar surface area (TPSA) is 29.1 Å². The Bertz CT molecular complexity index is 228. The second-order valence-electron chi connectivity index (χ2n) is 4.99. The minimum absolute atomic E-state index is 0.0532. The Morgan fingerprint density at radius 2 is 1.71 bits per heavy atom. The largest absolute Gasteiger partial charge is 0.347 e. The highest BCUT2D eigenvalue weighted by atomic mass is 16.1. The van der Waals surface area contributed by atoms with Gasteiger partial charge in [-0.25, -0.2) is 0 Å². The van der Waals surface area contributed by atoms with E-state index < -0.39 is 0 Å². The predicted molar refractivity (Wildman–Crippen MR) is 61.0 cm³/mol. The first-order chi connectivity index (χ1) is 6.18. The third kappa shape index (κ3) is 3.52. The second kappa shape index (κ2) is 4.63. The highest BCUT2D eigenvalue weighted by Gasteiger charge is 2.29. The summed E-state index contributed by atoms with van der Waals surface area (Å²) in [5.74, 6) is 0.934. The fraction of sp³-hybridized carbons (Fsp3) is 0.750. The third-order valence-electron chi connectivity index (χ3n) is 2.96. The summed E-state index contributed by atoms with van der Waals surface area (Å²) < 4.78 is 0. The van der Waals surface area contributed by atoms with Crippen LogP contribution in [0.3, 0.4) is 0 Å². The molecule has 0 fully saturated rings. The quantitative estimate of drug-likeness (QED) is 0.690. The van der Waals surface area contributed by atoms with Crippen molar-refractivity contribution in [1.82, 2.24) is 5.32 Å². The zero-order valence-electron chi connectivity index (χ0n) is 10.3. The van der Waals surface area contributed by atoms with Gasteiger partial charge in [0.25, 0.3) is 0 Å². The Hall–Kier alpha value is -0.790. The van der Waals surface area contributed by atoms with Crippen LogP contribution in [0.15, 0.2) is 12.2 Å². The average Bonchev–Trinajstić information content (AvgIpc) is 2.01. The number of hydrogen-bond acceptors (Lipinski definition) is 1. The minimum atomic E-state index is -0.176. The van der Waals surface area contributed by atoms with E-state index in [2.05, 4.69) is 46.5 Å². The Morgan fingerprint density at radius 3 is 2.00 bits per heavy atom. The van der Waals surface area contributed by atoms with Crippen molar-refractivity contribution < 1.29 is 4.79 Å². The molecule has 0 heterocycles. The van der Waals surface area contributed by atoms with Crippen molar-refractivity contribution >= 4 is 5.91 Å². The summed E-state index contributed by atoms with van der Waals surface area (Å²) in [6, 6.07) is 0. The third-order valence-corrected chi connectivity index (χ3v) is 2.96. The Kier molecular flexibility index (Phi) is 4.37. The van der Waals surface area contributed by atoms with E-state index in [1.807, 2.05) is 0 Å². The van der Waals surface area contributed by atoms with E-state index in [1.165, 1.54) is 0 Å². The van der Waals surface area contributed by atoms with Gasteiger partial charge in [0.1, 0.15) is 0 Å². The van der Waals surface area contributed by atoms with Gasteiger partial charge in [0.15, 0.2) is 0 Å². The number of hydrogen-bond donors (Lipinski definition) is 1. The molecule has 0 aromatic carbocycles. The van der Waals surface area contributed by atoms with Crippen LogP contribution < -0.4 is 5.32 Å². The summed E-state index contributed by atoms with van der Waals surface area (Å²) in [7, 11) is 0. The first kappa shape index (κ1) is 13.2. The van der Waals surface area contributed by atoms with Gasteiger partial charge in [0.2, 0.25) is 5.91 Å². The molecule has 0 unspecified atom stereocenters. The molecular weight excluding hydrogens is 174 g/mol. The van der Waals surface area contributed by atoms with Crippen LogP contribution in [0, 0.1) is 11.8 Å². The molecule has 1 N–H and O–H groups in total. The lowest BCUT2D eigenvalue weighted by atomic mass is 9.81. The molecular formula is C12H23NO. The SMILES string of the molecule is C=C(C)C(=O)NC(C)(C)[C@H](C)C(C)C. The van der Waals surface area contributed by atoms with Crippen LogP contribution in [0.4, 0.5) is 0 Å². The lowest BCUT2D eigenvalue weighted by molar-refractivity contribution is -0.119. The minimum Gasteiger partial charge on any atom is -0.347 e. The number of rotatable bonds is 4. The van der Waals surface area contributed by atoms with Crippen LogP contribution in [-0.2, 0) is 4.79 Å². The molecule has 1 amide bonds. The van der Waals surface area contributed by atoms with Crippen LogP contribution in [0.5, 0.6) is 0 Å². The molecule has 2 heteroatoms. The van der Waals surface area contributed by atoms with Crippen molar-refractivity contribution in [2.45, 2.75) is 47.1 Å². The van der Waals surface area contributed by atoms with Gasteiger partial charge < -0.3 is 5.32 Å². The molecule has 1 atom stereocenters. The molecule has 0 bridgehead atoms. The fourth-order valence-electron chi connectivity index (χ4n) is 1.35. The van der Waals surface area contributed by atoms with Crippen molar-refractivity contribution in [2.75, 3.05) is 0 Å². The molecule has 14 heavy (non-hydrogen) atoms. The number of amides is 1. The average molecular weight is 197 g/mol. The molecule has 0 aliphatic carbocycles. The number of carbonyl (C=O) groups is 1. The first-order valence-corrected chi connectivity index (χ1v) is 5.16. The molecule has 82 valence electrons. The van der Waals surface area contributed by atoms with Crippen LogP contribution in [-0.4, -0.2) is 11.4 Å². The molecule has 0 aromatic heterocycles. The van der Waals surface area contributed by atoms with Gasteiger partial charge in [0, 0.05) is 11.1 Å². The summed E-state index contributed by atoms with van der Waals surface area (Å²) in [6.07, 6.45) is 0. The molecule has 0 aliphatic heterocycles. The predicted octanol–water partition coefficient (Wildman–Crippen LogP) is 2.75. The smallest absolute Gasteiger partial charge is 0.246 e. The van der Waals surface area contributed by atoms with Crippen molar-refractivity contribution in [1.29, 1.82) is 0 Å². The van der Waals surface area contributed by atoms with Gasteiger partial charge in [-0.3, -0.25) is 4.79 Å². The van der Waals surface area contributed by atoms with E-state index in [0.29, 0.717) is 17.4 Å². The maximum atomic E-state index is 11.5. The van der Waals surface area contributed by atoms with Crippen LogP contribution in [0.25, 0.3) is 0 Å². The highest BCUT2D eigenvalue weighted by molar-refractivity contribution is 5.92. The monoisotopic (exact) mass is 197 g/mol. The Morgan fingerprint density at radius 1 is 1.29 bits per heavy atom. The van der Waals surface area contributed by atoms with Crippen LogP contribution >= 0.6 is 0 Å². The van der Waals surface area contributed by atoms with Gasteiger partial charge in [-0.15, -0.1) is 0 Å². The van der Waals surface area contributed by atoms with E-state index in [1.54, 1.807) is 6.92 Å². The summed E-state index contributed by atoms with van der Waals surface area (Å²) in [6.45, 7) is 16.0. The zero-order valence-corrected chi connectivity index (χ0v) is 10.3.